The molecule has 7 rings (SSSR count). The Morgan fingerprint density at radius 3 is 2.62 bits per heavy atom. The van der Waals surface area contributed by atoms with Crippen LogP contribution in [-0.2, 0) is 29.4 Å². The first-order chi connectivity index (χ1) is 16.4. The van der Waals surface area contributed by atoms with Crippen LogP contribution in [0.4, 0.5) is 10.5 Å². The highest BCUT2D eigenvalue weighted by atomic mass is 32.2. The highest BCUT2D eigenvalue weighted by Gasteiger charge is 2.37. The SMILES string of the molecule is C[C@@H](c1ccc2c(c1NC(=O)NS(=O)(=O)c1sc3c(c1C#N)C1CCN(CC1)C3)CC2)C1CC1. The first kappa shape index (κ1) is 22.1. The Morgan fingerprint density at radius 1 is 1.21 bits per heavy atom. The first-order valence-electron chi connectivity index (χ1n) is 12.1. The van der Waals surface area contributed by atoms with Crippen molar-refractivity contribution >= 4 is 33.1 Å². The van der Waals surface area contributed by atoms with Gasteiger partial charge in [0, 0.05) is 17.1 Å². The number of amides is 2. The molecule has 5 aliphatic rings. The summed E-state index contributed by atoms with van der Waals surface area (Å²) in [4.78, 5) is 16.2. The molecule has 34 heavy (non-hydrogen) atoms. The van der Waals surface area contributed by atoms with Crippen LogP contribution in [0.3, 0.4) is 0 Å². The highest BCUT2D eigenvalue weighted by Crippen LogP contribution is 2.47. The molecule has 1 saturated carbocycles. The van der Waals surface area contributed by atoms with E-state index in [4.69, 9.17) is 0 Å². The number of anilines is 1. The van der Waals surface area contributed by atoms with Gasteiger partial charge in [-0.25, -0.2) is 17.9 Å². The van der Waals surface area contributed by atoms with Crippen molar-refractivity contribution in [2.24, 2.45) is 5.92 Å². The summed E-state index contributed by atoms with van der Waals surface area (Å²) in [5, 5.41) is 12.8. The molecular weight excluding hydrogens is 468 g/mol. The van der Waals surface area contributed by atoms with Gasteiger partial charge in [0.2, 0.25) is 0 Å². The van der Waals surface area contributed by atoms with Gasteiger partial charge in [-0.05, 0) is 91.6 Å². The number of rotatable bonds is 5. The van der Waals surface area contributed by atoms with Crippen LogP contribution >= 0.6 is 11.3 Å². The van der Waals surface area contributed by atoms with Gasteiger partial charge in [0.25, 0.3) is 10.0 Å². The highest BCUT2D eigenvalue weighted by molar-refractivity contribution is 7.92. The summed E-state index contributed by atoms with van der Waals surface area (Å²) in [6.07, 6.45) is 6.12. The fourth-order valence-corrected chi connectivity index (χ4v) is 8.68. The molecule has 9 heteroatoms. The van der Waals surface area contributed by atoms with E-state index >= 15 is 0 Å². The maximum Gasteiger partial charge on any atom is 0.333 e. The van der Waals surface area contributed by atoms with Gasteiger partial charge in [-0.2, -0.15) is 5.26 Å². The number of carbonyl (C=O) groups is 1. The average Bonchev–Trinajstić information content (AvgIpc) is 3.60. The number of thiophene rings is 1. The van der Waals surface area contributed by atoms with Gasteiger partial charge in [-0.1, -0.05) is 19.1 Å². The van der Waals surface area contributed by atoms with Gasteiger partial charge in [0.15, 0.2) is 4.21 Å². The van der Waals surface area contributed by atoms with Crippen LogP contribution in [0, 0.1) is 17.2 Å². The van der Waals surface area contributed by atoms with E-state index in [9.17, 15) is 18.5 Å². The minimum absolute atomic E-state index is 0.0310. The molecule has 7 nitrogen and oxygen atoms in total. The zero-order valence-corrected chi connectivity index (χ0v) is 20.8. The lowest BCUT2D eigenvalue weighted by Crippen LogP contribution is -2.35. The molecule has 3 aliphatic heterocycles. The van der Waals surface area contributed by atoms with Crippen molar-refractivity contribution in [3.63, 3.8) is 0 Å². The lowest BCUT2D eigenvalue weighted by molar-refractivity contribution is 0.221. The fourth-order valence-electron chi connectivity index (χ4n) is 5.89. The third kappa shape index (κ3) is 3.63. The third-order valence-corrected chi connectivity index (χ3v) is 11.1. The lowest BCUT2D eigenvalue weighted by atomic mass is 9.82. The molecule has 2 fully saturated rings. The molecule has 2 aliphatic carbocycles. The molecule has 1 aromatic heterocycles. The number of sulfonamides is 1. The molecule has 2 aromatic rings. The second-order valence-electron chi connectivity index (χ2n) is 10.1. The summed E-state index contributed by atoms with van der Waals surface area (Å²) in [5.74, 6) is 1.16. The van der Waals surface area contributed by atoms with Crippen molar-refractivity contribution in [3.05, 3.63) is 44.8 Å². The van der Waals surface area contributed by atoms with Gasteiger partial charge < -0.3 is 5.32 Å². The molecule has 2 bridgehead atoms. The molecule has 1 saturated heterocycles. The third-order valence-electron chi connectivity index (χ3n) is 8.08. The normalized spacial score (nSPS) is 23.6. The number of urea groups is 1. The average molecular weight is 497 g/mol. The van der Waals surface area contributed by atoms with Crippen LogP contribution in [0.2, 0.25) is 0 Å². The van der Waals surface area contributed by atoms with E-state index in [1.165, 1.54) is 18.4 Å². The molecule has 4 heterocycles. The second-order valence-corrected chi connectivity index (χ2v) is 13.1. The van der Waals surface area contributed by atoms with Crippen LogP contribution in [0.1, 0.15) is 77.1 Å². The van der Waals surface area contributed by atoms with E-state index in [2.05, 4.69) is 40.1 Å². The van der Waals surface area contributed by atoms with E-state index < -0.39 is 16.1 Å². The number of piperidine rings is 1. The van der Waals surface area contributed by atoms with Gasteiger partial charge in [0.05, 0.1) is 5.56 Å². The number of fused-ring (bicyclic) bond motifs is 3. The number of nitrogens with zero attached hydrogens (tertiary/aromatic N) is 2. The first-order valence-corrected chi connectivity index (χ1v) is 14.4. The zero-order chi connectivity index (χ0) is 23.6. The van der Waals surface area contributed by atoms with Crippen molar-refractivity contribution in [1.29, 1.82) is 5.26 Å². The topological polar surface area (TPSA) is 102 Å². The summed E-state index contributed by atoms with van der Waals surface area (Å²) in [6.45, 7) is 4.80. The van der Waals surface area contributed by atoms with Gasteiger partial charge in [-0.15, -0.1) is 11.3 Å². The lowest BCUT2D eigenvalue weighted by Gasteiger charge is -2.27. The summed E-state index contributed by atoms with van der Waals surface area (Å²) < 4.78 is 28.8. The van der Waals surface area contributed by atoms with Crippen molar-refractivity contribution in [1.82, 2.24) is 9.62 Å². The van der Waals surface area contributed by atoms with Crippen LogP contribution < -0.4 is 10.0 Å². The predicted molar refractivity (Wildman–Crippen MR) is 131 cm³/mol. The number of nitrogens with one attached hydrogen (secondary N) is 2. The summed E-state index contributed by atoms with van der Waals surface area (Å²) >= 11 is 1.14. The number of benzene rings is 1. The maximum atomic E-state index is 13.3. The number of hydrogen-bond donors (Lipinski definition) is 2. The van der Waals surface area contributed by atoms with Crippen molar-refractivity contribution in [3.8, 4) is 6.07 Å². The van der Waals surface area contributed by atoms with E-state index in [0.29, 0.717) is 18.4 Å². The Labute approximate surface area is 204 Å². The molecule has 1 aromatic carbocycles. The van der Waals surface area contributed by atoms with E-state index in [-0.39, 0.29) is 15.7 Å². The standard InChI is InChI=1S/C25H28N4O3S2/c1-14(15-2-3-15)18-6-4-16-5-7-19(16)23(18)27-25(30)28-34(31,32)24-20(12-26)22-17-8-10-29(11-9-17)13-21(22)33-24/h4,6,14-15,17H,2-3,5,7-11,13H2,1H3,(H2,27,28,30)/t14-/m1/s1. The summed E-state index contributed by atoms with van der Waals surface area (Å²) in [6, 6.07) is 5.61. The minimum Gasteiger partial charge on any atom is -0.307 e. The molecule has 1 atom stereocenters. The number of aryl methyl sites for hydroxylation is 1. The number of nitriles is 1. The quantitative estimate of drug-likeness (QED) is 0.637. The van der Waals surface area contributed by atoms with E-state index in [0.717, 1.165) is 77.4 Å². The summed E-state index contributed by atoms with van der Waals surface area (Å²) in [7, 11) is -4.17. The Hall–Kier alpha value is -2.41. The molecule has 178 valence electrons. The van der Waals surface area contributed by atoms with Crippen molar-refractivity contribution in [2.75, 3.05) is 18.4 Å². The molecule has 2 amide bonds. The largest absolute Gasteiger partial charge is 0.333 e. The smallest absolute Gasteiger partial charge is 0.307 e. The number of hydrogen-bond acceptors (Lipinski definition) is 6. The van der Waals surface area contributed by atoms with Gasteiger partial charge >= 0.3 is 6.03 Å². The van der Waals surface area contributed by atoms with Crippen LogP contribution in [0.25, 0.3) is 0 Å². The molecule has 0 unspecified atom stereocenters. The molecule has 0 spiro atoms. The second kappa shape index (κ2) is 8.08. The fraction of sp³-hybridized carbons (Fsp3) is 0.520. The Kier molecular flexibility index (Phi) is 5.24. The molecular formula is C25H28N4O3S2. The number of carbonyl (C=O) groups excluding carboxylic acids is 1. The summed E-state index contributed by atoms with van der Waals surface area (Å²) in [5.41, 5.74) is 5.29. The van der Waals surface area contributed by atoms with E-state index in [1.807, 2.05) is 0 Å². The van der Waals surface area contributed by atoms with Gasteiger partial charge in [0.1, 0.15) is 6.07 Å². The molecule has 2 N–H and O–H groups in total. The monoisotopic (exact) mass is 496 g/mol. The van der Waals surface area contributed by atoms with Crippen molar-refractivity contribution in [2.45, 2.75) is 68.0 Å². The molecule has 0 radical (unpaired) electrons. The van der Waals surface area contributed by atoms with Crippen LogP contribution in [0.5, 0.6) is 0 Å². The van der Waals surface area contributed by atoms with Gasteiger partial charge in [-0.3, -0.25) is 4.90 Å². The zero-order valence-electron chi connectivity index (χ0n) is 19.2. The Morgan fingerprint density at radius 2 is 1.97 bits per heavy atom. The van der Waals surface area contributed by atoms with E-state index in [1.54, 1.807) is 0 Å². The minimum atomic E-state index is -4.17. The predicted octanol–water partition coefficient (Wildman–Crippen LogP) is 4.44. The maximum absolute atomic E-state index is 13.3. The van der Waals surface area contributed by atoms with Crippen LogP contribution in [0.15, 0.2) is 16.3 Å². The van der Waals surface area contributed by atoms with Crippen molar-refractivity contribution < 1.29 is 13.2 Å². The Bertz CT molecular complexity index is 1330. The Balaban J connectivity index is 1.28. The van der Waals surface area contributed by atoms with Crippen LogP contribution in [-0.4, -0.2) is 32.4 Å².